The lowest BCUT2D eigenvalue weighted by Crippen LogP contribution is -2.24. The lowest BCUT2D eigenvalue weighted by Gasteiger charge is -2.29. The zero-order chi connectivity index (χ0) is 13.0. The average molecular weight is 286 g/mol. The van der Waals surface area contributed by atoms with Crippen molar-refractivity contribution in [3.63, 3.8) is 0 Å². The molecule has 0 radical (unpaired) electrons. The van der Waals surface area contributed by atoms with E-state index in [9.17, 15) is 0 Å². The van der Waals surface area contributed by atoms with Gasteiger partial charge in [-0.05, 0) is 30.9 Å². The van der Waals surface area contributed by atoms with Crippen molar-refractivity contribution in [2.45, 2.75) is 38.1 Å². The first-order valence-electron chi connectivity index (χ1n) is 6.74. The van der Waals surface area contributed by atoms with Crippen LogP contribution in [0.15, 0.2) is 18.2 Å². The van der Waals surface area contributed by atoms with Crippen LogP contribution >= 0.6 is 12.4 Å². The highest BCUT2D eigenvalue weighted by Gasteiger charge is 2.26. The summed E-state index contributed by atoms with van der Waals surface area (Å²) in [6, 6.07) is 5.87. The summed E-state index contributed by atoms with van der Waals surface area (Å²) in [6.45, 7) is 0. The molecule has 108 valence electrons. The van der Waals surface area contributed by atoms with Crippen molar-refractivity contribution in [3.05, 3.63) is 23.8 Å². The van der Waals surface area contributed by atoms with Gasteiger partial charge in [-0.25, -0.2) is 0 Å². The van der Waals surface area contributed by atoms with Crippen LogP contribution in [0.4, 0.5) is 0 Å². The number of rotatable bonds is 4. The number of halogens is 1. The van der Waals surface area contributed by atoms with Crippen LogP contribution in [0, 0.1) is 5.92 Å². The minimum Gasteiger partial charge on any atom is -0.496 e. The summed E-state index contributed by atoms with van der Waals surface area (Å²) in [7, 11) is 3.37. The van der Waals surface area contributed by atoms with Gasteiger partial charge >= 0.3 is 0 Å². The second-order valence-electron chi connectivity index (χ2n) is 5.00. The number of hydrogen-bond acceptors (Lipinski definition) is 3. The Bertz CT molecular complexity index is 369. The molecule has 2 N–H and O–H groups in total. The normalized spacial score (nSPS) is 17.4. The van der Waals surface area contributed by atoms with E-state index in [-0.39, 0.29) is 18.4 Å². The van der Waals surface area contributed by atoms with Gasteiger partial charge in [-0.1, -0.05) is 25.3 Å². The number of ether oxygens (including phenoxy) is 2. The lowest BCUT2D eigenvalue weighted by atomic mass is 9.81. The van der Waals surface area contributed by atoms with Crippen LogP contribution in [0.3, 0.4) is 0 Å². The maximum absolute atomic E-state index is 6.46. The molecule has 0 aromatic heterocycles. The first-order valence-corrected chi connectivity index (χ1v) is 6.74. The summed E-state index contributed by atoms with van der Waals surface area (Å²) in [6.07, 6.45) is 6.34. The predicted molar refractivity (Wildman–Crippen MR) is 80.3 cm³/mol. The Hall–Kier alpha value is -0.930. The van der Waals surface area contributed by atoms with Crippen LogP contribution in [-0.4, -0.2) is 14.2 Å². The third-order valence-corrected chi connectivity index (χ3v) is 3.96. The molecule has 4 heteroatoms. The Morgan fingerprint density at radius 1 is 1.05 bits per heavy atom. The van der Waals surface area contributed by atoms with Crippen LogP contribution < -0.4 is 15.2 Å². The second-order valence-corrected chi connectivity index (χ2v) is 5.00. The maximum atomic E-state index is 6.46. The fourth-order valence-corrected chi connectivity index (χ4v) is 2.94. The molecule has 3 nitrogen and oxygen atoms in total. The van der Waals surface area contributed by atoms with Crippen molar-refractivity contribution < 1.29 is 9.47 Å². The van der Waals surface area contributed by atoms with Gasteiger partial charge < -0.3 is 15.2 Å². The van der Waals surface area contributed by atoms with E-state index in [1.807, 2.05) is 18.2 Å². The minimum atomic E-state index is 0. The van der Waals surface area contributed by atoms with Crippen molar-refractivity contribution in [3.8, 4) is 11.5 Å². The van der Waals surface area contributed by atoms with Crippen LogP contribution in [-0.2, 0) is 0 Å². The fraction of sp³-hybridized carbons (Fsp3) is 0.600. The van der Waals surface area contributed by atoms with E-state index in [2.05, 4.69) is 0 Å². The molecule has 1 atom stereocenters. The molecule has 1 saturated carbocycles. The molecular formula is C15H24ClNO2. The zero-order valence-corrected chi connectivity index (χ0v) is 12.5. The van der Waals surface area contributed by atoms with Gasteiger partial charge in [0.05, 0.1) is 19.8 Å². The molecule has 0 aliphatic heterocycles. The van der Waals surface area contributed by atoms with Gasteiger partial charge in [-0.3, -0.25) is 0 Å². The van der Waals surface area contributed by atoms with Gasteiger partial charge in [-0.2, -0.15) is 0 Å². The largest absolute Gasteiger partial charge is 0.496 e. The molecule has 0 amide bonds. The lowest BCUT2D eigenvalue weighted by molar-refractivity contribution is 0.293. The molecule has 1 aromatic carbocycles. The molecule has 1 aromatic rings. The van der Waals surface area contributed by atoms with E-state index >= 15 is 0 Å². The van der Waals surface area contributed by atoms with E-state index in [0.717, 1.165) is 17.1 Å². The number of benzene rings is 1. The minimum absolute atomic E-state index is 0. The van der Waals surface area contributed by atoms with Gasteiger partial charge in [0.25, 0.3) is 0 Å². The molecule has 1 aliphatic rings. The van der Waals surface area contributed by atoms with Gasteiger partial charge in [0, 0.05) is 6.04 Å². The molecule has 0 unspecified atom stereocenters. The van der Waals surface area contributed by atoms with Crippen molar-refractivity contribution >= 4 is 12.4 Å². The van der Waals surface area contributed by atoms with E-state index in [1.54, 1.807) is 14.2 Å². The predicted octanol–water partition coefficient (Wildman–Crippen LogP) is 3.71. The summed E-state index contributed by atoms with van der Waals surface area (Å²) in [4.78, 5) is 0. The van der Waals surface area contributed by atoms with Crippen LogP contribution in [0.1, 0.15) is 43.7 Å². The first kappa shape index (κ1) is 16.1. The van der Waals surface area contributed by atoms with Crippen LogP contribution in [0.5, 0.6) is 11.5 Å². The topological polar surface area (TPSA) is 44.5 Å². The summed E-state index contributed by atoms with van der Waals surface area (Å²) >= 11 is 0. The highest BCUT2D eigenvalue weighted by Crippen LogP contribution is 2.40. The third-order valence-electron chi connectivity index (χ3n) is 3.96. The summed E-state index contributed by atoms with van der Waals surface area (Å²) in [5, 5.41) is 0. The number of nitrogens with two attached hydrogens (primary N) is 1. The molecule has 0 bridgehead atoms. The molecular weight excluding hydrogens is 262 g/mol. The van der Waals surface area contributed by atoms with Gasteiger partial charge in [0.2, 0.25) is 0 Å². The van der Waals surface area contributed by atoms with E-state index in [1.165, 1.54) is 32.1 Å². The Kier molecular flexibility index (Phi) is 6.46. The summed E-state index contributed by atoms with van der Waals surface area (Å²) in [5.74, 6) is 2.23. The van der Waals surface area contributed by atoms with E-state index in [4.69, 9.17) is 15.2 Å². The highest BCUT2D eigenvalue weighted by molar-refractivity contribution is 5.85. The molecule has 2 rings (SSSR count). The number of methoxy groups -OCH3 is 2. The van der Waals surface area contributed by atoms with E-state index < -0.39 is 0 Å². The van der Waals surface area contributed by atoms with Gasteiger partial charge in [0.1, 0.15) is 11.5 Å². The maximum Gasteiger partial charge on any atom is 0.127 e. The van der Waals surface area contributed by atoms with Crippen molar-refractivity contribution in [2.75, 3.05) is 14.2 Å². The Morgan fingerprint density at radius 3 is 2.05 bits per heavy atom. The first-order chi connectivity index (χ1) is 8.77. The molecule has 1 aliphatic carbocycles. The summed E-state index contributed by atoms with van der Waals surface area (Å²) in [5.41, 5.74) is 7.49. The fourth-order valence-electron chi connectivity index (χ4n) is 2.94. The van der Waals surface area contributed by atoms with Crippen LogP contribution in [0.25, 0.3) is 0 Å². The monoisotopic (exact) mass is 285 g/mol. The van der Waals surface area contributed by atoms with Gasteiger partial charge in [0.15, 0.2) is 0 Å². The molecule has 0 heterocycles. The second kappa shape index (κ2) is 7.61. The smallest absolute Gasteiger partial charge is 0.127 e. The SMILES string of the molecule is COc1cccc(OC)c1[C@H](N)C1CCCCC1.Cl. The molecule has 0 saturated heterocycles. The van der Waals surface area contributed by atoms with Gasteiger partial charge in [-0.15, -0.1) is 12.4 Å². The quantitative estimate of drug-likeness (QED) is 0.917. The number of hydrogen-bond donors (Lipinski definition) is 1. The van der Waals surface area contributed by atoms with Crippen LogP contribution in [0.2, 0.25) is 0 Å². The van der Waals surface area contributed by atoms with Crippen molar-refractivity contribution in [1.82, 2.24) is 0 Å². The van der Waals surface area contributed by atoms with Crippen molar-refractivity contribution in [1.29, 1.82) is 0 Å². The van der Waals surface area contributed by atoms with Crippen molar-refractivity contribution in [2.24, 2.45) is 11.7 Å². The summed E-state index contributed by atoms with van der Waals surface area (Å²) < 4.78 is 10.9. The Balaban J connectivity index is 0.00000180. The standard InChI is InChI=1S/C15H23NO2.ClH/c1-17-12-9-6-10-13(18-2)14(12)15(16)11-7-4-3-5-8-11;/h6,9-11,15H,3-5,7-8,16H2,1-2H3;1H/t15-;/m1./s1. The third kappa shape index (κ3) is 3.54. The Labute approximate surface area is 121 Å². The molecule has 19 heavy (non-hydrogen) atoms. The highest BCUT2D eigenvalue weighted by atomic mass is 35.5. The zero-order valence-electron chi connectivity index (χ0n) is 11.7. The molecule has 0 spiro atoms. The average Bonchev–Trinajstić information content (AvgIpc) is 2.46. The molecule has 1 fully saturated rings. The van der Waals surface area contributed by atoms with E-state index in [0.29, 0.717) is 5.92 Å². The Morgan fingerprint density at radius 2 is 1.58 bits per heavy atom.